The van der Waals surface area contributed by atoms with Gasteiger partial charge in [0.25, 0.3) is 0 Å². The van der Waals surface area contributed by atoms with Gasteiger partial charge in [-0.05, 0) is 17.7 Å². The van der Waals surface area contributed by atoms with Crippen LogP contribution in [0.3, 0.4) is 0 Å². The molecular formula is C8H7F3N2. The van der Waals surface area contributed by atoms with Crippen LogP contribution in [0, 0.1) is 0 Å². The van der Waals surface area contributed by atoms with Crippen LogP contribution in [0.1, 0.15) is 11.1 Å². The molecular weight excluding hydrogens is 181 g/mol. The number of alkyl halides is 3. The average Bonchev–Trinajstić information content (AvgIpc) is 2.04. The summed E-state index contributed by atoms with van der Waals surface area (Å²) < 4.78 is 36.1. The Labute approximate surface area is 72.9 Å². The molecule has 0 atom stereocenters. The minimum absolute atomic E-state index is 0.538. The molecule has 1 rings (SSSR count). The fourth-order valence-corrected chi connectivity index (χ4v) is 0.844. The molecule has 70 valence electrons. The molecule has 0 amide bonds. The highest BCUT2D eigenvalue weighted by molar-refractivity contribution is 5.79. The summed E-state index contributed by atoms with van der Waals surface area (Å²) in [6, 6.07) is 4.58. The van der Waals surface area contributed by atoms with E-state index in [1.54, 1.807) is 0 Å². The second-order valence-electron chi connectivity index (χ2n) is 2.40. The van der Waals surface area contributed by atoms with Crippen LogP contribution < -0.4 is 5.84 Å². The molecule has 0 spiro atoms. The van der Waals surface area contributed by atoms with Crippen molar-refractivity contribution in [2.75, 3.05) is 0 Å². The first-order valence-corrected chi connectivity index (χ1v) is 3.44. The van der Waals surface area contributed by atoms with E-state index < -0.39 is 11.7 Å². The van der Waals surface area contributed by atoms with Crippen molar-refractivity contribution in [3.63, 3.8) is 0 Å². The summed E-state index contributed by atoms with van der Waals surface area (Å²) in [6.07, 6.45) is -3.02. The number of hydrazone groups is 1. The molecule has 0 fully saturated rings. The average molecular weight is 188 g/mol. The van der Waals surface area contributed by atoms with Crippen molar-refractivity contribution in [3.8, 4) is 0 Å². The predicted octanol–water partition coefficient (Wildman–Crippen LogP) is 2.00. The lowest BCUT2D eigenvalue weighted by Gasteiger charge is -2.05. The maximum absolute atomic E-state index is 12.0. The largest absolute Gasteiger partial charge is 0.416 e. The third kappa shape index (κ3) is 2.47. The SMILES string of the molecule is NN=Cc1ccc(C(F)(F)F)cc1. The van der Waals surface area contributed by atoms with Crippen LogP contribution in [0.2, 0.25) is 0 Å². The zero-order valence-electron chi connectivity index (χ0n) is 6.55. The van der Waals surface area contributed by atoms with Gasteiger partial charge in [0.05, 0.1) is 11.8 Å². The molecule has 0 saturated carbocycles. The lowest BCUT2D eigenvalue weighted by Crippen LogP contribution is -2.04. The fraction of sp³-hybridized carbons (Fsp3) is 0.125. The minimum Gasteiger partial charge on any atom is -0.323 e. The standard InChI is InChI=1S/C8H7F3N2/c9-8(10,11)7-3-1-6(2-4-7)5-13-12/h1-5H,12H2. The Morgan fingerprint density at radius 1 is 1.15 bits per heavy atom. The number of hydrogen-bond acceptors (Lipinski definition) is 2. The van der Waals surface area contributed by atoms with E-state index in [9.17, 15) is 13.2 Å². The second kappa shape index (κ2) is 3.47. The lowest BCUT2D eigenvalue weighted by atomic mass is 10.1. The zero-order valence-corrected chi connectivity index (χ0v) is 6.55. The Morgan fingerprint density at radius 3 is 2.08 bits per heavy atom. The molecule has 0 heterocycles. The number of rotatable bonds is 1. The van der Waals surface area contributed by atoms with Gasteiger partial charge < -0.3 is 5.84 Å². The molecule has 13 heavy (non-hydrogen) atoms. The molecule has 1 aromatic carbocycles. The molecule has 0 saturated heterocycles. The molecule has 5 heteroatoms. The van der Waals surface area contributed by atoms with Crippen molar-refractivity contribution in [2.45, 2.75) is 6.18 Å². The highest BCUT2D eigenvalue weighted by atomic mass is 19.4. The first-order chi connectivity index (χ1) is 6.04. The molecule has 0 bridgehead atoms. The van der Waals surface area contributed by atoms with E-state index in [-0.39, 0.29) is 0 Å². The highest BCUT2D eigenvalue weighted by Gasteiger charge is 2.29. The van der Waals surface area contributed by atoms with Crippen LogP contribution >= 0.6 is 0 Å². The first-order valence-electron chi connectivity index (χ1n) is 3.44. The summed E-state index contributed by atoms with van der Waals surface area (Å²) in [7, 11) is 0. The van der Waals surface area contributed by atoms with Gasteiger partial charge in [-0.25, -0.2) is 0 Å². The van der Waals surface area contributed by atoms with Crippen LogP contribution in [0.5, 0.6) is 0 Å². The molecule has 1 aromatic rings. The van der Waals surface area contributed by atoms with Gasteiger partial charge in [0.2, 0.25) is 0 Å². The van der Waals surface area contributed by atoms with E-state index in [4.69, 9.17) is 5.84 Å². The number of halogens is 3. The zero-order chi connectivity index (χ0) is 9.90. The summed E-state index contributed by atoms with van der Waals surface area (Å²) in [6.45, 7) is 0. The number of nitrogens with two attached hydrogens (primary N) is 1. The van der Waals surface area contributed by atoms with Crippen molar-refractivity contribution in [3.05, 3.63) is 35.4 Å². The third-order valence-electron chi connectivity index (χ3n) is 1.46. The van der Waals surface area contributed by atoms with Gasteiger partial charge in [-0.15, -0.1) is 0 Å². The van der Waals surface area contributed by atoms with E-state index in [1.165, 1.54) is 18.3 Å². The smallest absolute Gasteiger partial charge is 0.323 e. The second-order valence-corrected chi connectivity index (χ2v) is 2.40. The molecule has 0 aliphatic carbocycles. The van der Waals surface area contributed by atoms with Crippen molar-refractivity contribution < 1.29 is 13.2 Å². The number of hydrogen-bond donors (Lipinski definition) is 1. The Morgan fingerprint density at radius 2 is 1.69 bits per heavy atom. The number of benzene rings is 1. The molecule has 0 aromatic heterocycles. The first kappa shape index (κ1) is 9.57. The van der Waals surface area contributed by atoms with Crippen molar-refractivity contribution in [1.29, 1.82) is 0 Å². The van der Waals surface area contributed by atoms with Crippen molar-refractivity contribution in [1.82, 2.24) is 0 Å². The van der Waals surface area contributed by atoms with Crippen LogP contribution in [0.25, 0.3) is 0 Å². The fourth-order valence-electron chi connectivity index (χ4n) is 0.844. The van der Waals surface area contributed by atoms with E-state index >= 15 is 0 Å². The molecule has 0 radical (unpaired) electrons. The molecule has 0 unspecified atom stereocenters. The van der Waals surface area contributed by atoms with Gasteiger partial charge in [-0.3, -0.25) is 0 Å². The normalized spacial score (nSPS) is 12.2. The van der Waals surface area contributed by atoms with E-state index in [2.05, 4.69) is 5.10 Å². The highest BCUT2D eigenvalue weighted by Crippen LogP contribution is 2.28. The topological polar surface area (TPSA) is 38.4 Å². The summed E-state index contributed by atoms with van der Waals surface area (Å²) >= 11 is 0. The summed E-state index contributed by atoms with van der Waals surface area (Å²) in [4.78, 5) is 0. The van der Waals surface area contributed by atoms with Crippen LogP contribution in [0.15, 0.2) is 29.4 Å². The van der Waals surface area contributed by atoms with E-state index in [0.717, 1.165) is 12.1 Å². The Bertz CT molecular complexity index is 300. The van der Waals surface area contributed by atoms with Crippen molar-refractivity contribution >= 4 is 6.21 Å². The lowest BCUT2D eigenvalue weighted by molar-refractivity contribution is -0.137. The van der Waals surface area contributed by atoms with Crippen LogP contribution in [-0.4, -0.2) is 6.21 Å². The van der Waals surface area contributed by atoms with Crippen LogP contribution in [-0.2, 0) is 6.18 Å². The van der Waals surface area contributed by atoms with Gasteiger partial charge in [-0.1, -0.05) is 12.1 Å². The molecule has 0 aliphatic heterocycles. The summed E-state index contributed by atoms with van der Waals surface area (Å²) in [5, 5.41) is 3.19. The summed E-state index contributed by atoms with van der Waals surface area (Å²) in [5.41, 5.74) is -0.142. The molecule has 0 aliphatic rings. The summed E-state index contributed by atoms with van der Waals surface area (Å²) in [5.74, 6) is 4.83. The Kier molecular flexibility index (Phi) is 2.55. The third-order valence-corrected chi connectivity index (χ3v) is 1.46. The molecule has 2 N–H and O–H groups in total. The predicted molar refractivity (Wildman–Crippen MR) is 43.2 cm³/mol. The van der Waals surface area contributed by atoms with E-state index in [1.807, 2.05) is 0 Å². The Hall–Kier alpha value is -1.52. The maximum Gasteiger partial charge on any atom is 0.416 e. The van der Waals surface area contributed by atoms with Gasteiger partial charge >= 0.3 is 6.18 Å². The van der Waals surface area contributed by atoms with Gasteiger partial charge in [0.1, 0.15) is 0 Å². The van der Waals surface area contributed by atoms with Crippen LogP contribution in [0.4, 0.5) is 13.2 Å². The minimum atomic E-state index is -4.29. The molecule has 2 nitrogen and oxygen atoms in total. The maximum atomic E-state index is 12.0. The van der Waals surface area contributed by atoms with Gasteiger partial charge in [0.15, 0.2) is 0 Å². The van der Waals surface area contributed by atoms with Gasteiger partial charge in [-0.2, -0.15) is 18.3 Å². The van der Waals surface area contributed by atoms with Gasteiger partial charge in [0, 0.05) is 0 Å². The number of nitrogens with zero attached hydrogens (tertiary/aromatic N) is 1. The quantitative estimate of drug-likeness (QED) is 0.408. The Balaban J connectivity index is 2.94. The van der Waals surface area contributed by atoms with Crippen molar-refractivity contribution in [2.24, 2.45) is 10.9 Å². The monoisotopic (exact) mass is 188 g/mol. The van der Waals surface area contributed by atoms with E-state index in [0.29, 0.717) is 5.56 Å².